The minimum atomic E-state index is -1.70. The van der Waals surface area contributed by atoms with Crippen LogP contribution in [0.2, 0.25) is 18.1 Å². The van der Waals surface area contributed by atoms with Gasteiger partial charge < -0.3 is 9.16 Å². The molecule has 8 atom stereocenters. The fraction of sp³-hybridized carbons (Fsp3) is 0.852. The summed E-state index contributed by atoms with van der Waals surface area (Å²) >= 11 is 0. The van der Waals surface area contributed by atoms with Gasteiger partial charge in [-0.05, 0) is 91.8 Å². The number of ether oxygens (including phenoxy) is 1. The molecule has 0 bridgehead atoms. The monoisotopic (exact) mass is 428 g/mol. The first-order valence-corrected chi connectivity index (χ1v) is 15.5. The van der Waals surface area contributed by atoms with Crippen LogP contribution in [0.15, 0.2) is 23.3 Å². The summed E-state index contributed by atoms with van der Waals surface area (Å²) < 4.78 is 13.1. The van der Waals surface area contributed by atoms with Crippen molar-refractivity contribution in [2.24, 2.45) is 28.6 Å². The average Bonchev–Trinajstić information content (AvgIpc) is 3.35. The van der Waals surface area contributed by atoms with Gasteiger partial charge in [0.2, 0.25) is 0 Å². The van der Waals surface area contributed by atoms with Crippen molar-refractivity contribution in [1.29, 1.82) is 0 Å². The summed E-state index contributed by atoms with van der Waals surface area (Å²) in [6.45, 7) is 19.3. The fourth-order valence-electron chi connectivity index (χ4n) is 7.98. The van der Waals surface area contributed by atoms with Gasteiger partial charge in [0.05, 0.1) is 6.10 Å². The molecule has 0 N–H and O–H groups in total. The van der Waals surface area contributed by atoms with Crippen LogP contribution in [-0.2, 0) is 9.16 Å². The molecule has 4 fully saturated rings. The van der Waals surface area contributed by atoms with E-state index in [-0.39, 0.29) is 0 Å². The van der Waals surface area contributed by atoms with E-state index in [0.29, 0.717) is 34.2 Å². The van der Waals surface area contributed by atoms with Gasteiger partial charge in [-0.1, -0.05) is 52.3 Å². The molecule has 3 heteroatoms. The maximum atomic E-state index is 6.88. The lowest BCUT2D eigenvalue weighted by Crippen LogP contribution is -2.52. The molecule has 4 aliphatic carbocycles. The van der Waals surface area contributed by atoms with E-state index in [9.17, 15) is 0 Å². The molecule has 168 valence electrons. The third-order valence-corrected chi connectivity index (χ3v) is 15.3. The van der Waals surface area contributed by atoms with Crippen molar-refractivity contribution in [2.45, 2.75) is 117 Å². The molecule has 1 saturated heterocycles. The van der Waals surface area contributed by atoms with E-state index in [2.05, 4.69) is 66.8 Å². The van der Waals surface area contributed by atoms with Gasteiger partial charge in [0.25, 0.3) is 0 Å². The average molecular weight is 429 g/mol. The number of epoxide rings is 1. The van der Waals surface area contributed by atoms with Crippen LogP contribution < -0.4 is 0 Å². The number of fused-ring (bicyclic) bond motifs is 7. The smallest absolute Gasteiger partial charge is 0.192 e. The van der Waals surface area contributed by atoms with Crippen LogP contribution in [0.1, 0.15) is 80.1 Å². The molecule has 0 aromatic carbocycles. The molecule has 1 aliphatic heterocycles. The highest BCUT2D eigenvalue weighted by Gasteiger charge is 2.69. The zero-order chi connectivity index (χ0) is 21.7. The molecule has 0 radical (unpaired) electrons. The predicted octanol–water partition coefficient (Wildman–Crippen LogP) is 7.27. The first-order valence-electron chi connectivity index (χ1n) is 12.6. The van der Waals surface area contributed by atoms with E-state index in [4.69, 9.17) is 9.16 Å². The second-order valence-electron chi connectivity index (χ2n) is 13.1. The SMILES string of the molecule is C/C=C1/[C@H]2O[C@H]2C2[C@@H]3CC=C4C[C@@H](O[Si](C)(C)C(C)(C)C)CC[C@]4(C)[C@H]3CC[C@]12C. The molecule has 2 nitrogen and oxygen atoms in total. The maximum absolute atomic E-state index is 6.88. The van der Waals surface area contributed by atoms with Crippen molar-refractivity contribution in [3.05, 3.63) is 23.3 Å². The Hall–Kier alpha value is -0.383. The molecule has 1 unspecified atom stereocenters. The minimum Gasteiger partial charge on any atom is -0.414 e. The molecule has 1 heterocycles. The van der Waals surface area contributed by atoms with E-state index < -0.39 is 8.32 Å². The van der Waals surface area contributed by atoms with Crippen LogP contribution in [0.5, 0.6) is 0 Å². The Labute approximate surface area is 186 Å². The topological polar surface area (TPSA) is 21.8 Å². The molecule has 3 saturated carbocycles. The molecular formula is C27H44O2Si. The van der Waals surface area contributed by atoms with Crippen LogP contribution in [0.25, 0.3) is 0 Å². The van der Waals surface area contributed by atoms with Crippen molar-refractivity contribution >= 4 is 8.32 Å². The van der Waals surface area contributed by atoms with Crippen molar-refractivity contribution in [1.82, 2.24) is 0 Å². The quantitative estimate of drug-likeness (QED) is 0.262. The van der Waals surface area contributed by atoms with Crippen molar-refractivity contribution in [3.63, 3.8) is 0 Å². The van der Waals surface area contributed by atoms with Crippen LogP contribution in [0.3, 0.4) is 0 Å². The summed E-state index contributed by atoms with van der Waals surface area (Å²) in [5, 5.41) is 0.293. The molecule has 5 rings (SSSR count). The van der Waals surface area contributed by atoms with Crippen molar-refractivity contribution in [3.8, 4) is 0 Å². The Morgan fingerprint density at radius 1 is 1.13 bits per heavy atom. The highest BCUT2D eigenvalue weighted by atomic mass is 28.4. The molecule has 0 spiro atoms. The largest absolute Gasteiger partial charge is 0.414 e. The van der Waals surface area contributed by atoms with Gasteiger partial charge in [-0.3, -0.25) is 0 Å². The normalized spacial score (nSPS) is 49.1. The molecule has 0 aromatic heterocycles. The first-order chi connectivity index (χ1) is 13.9. The van der Waals surface area contributed by atoms with E-state index in [0.717, 1.165) is 17.8 Å². The van der Waals surface area contributed by atoms with Gasteiger partial charge in [-0.15, -0.1) is 0 Å². The standard InChI is InChI=1S/C27H44O2Si/c1-9-20-23-24(28-23)22-19-11-10-17-16-18(29-30(7,8)25(2,3)4)12-14-26(17,5)21(19)13-15-27(20,22)6/h9-10,18-19,21-24H,11-16H2,1-8H3/b20-9-/t18-,19+,21-,22?,23+,24-,26-,27+/m0/s1. The molecular weight excluding hydrogens is 384 g/mol. The lowest BCUT2D eigenvalue weighted by Gasteiger charge is -2.58. The lowest BCUT2D eigenvalue weighted by atomic mass is 9.47. The summed E-state index contributed by atoms with van der Waals surface area (Å²) in [4.78, 5) is 0. The number of hydrogen-bond acceptors (Lipinski definition) is 2. The van der Waals surface area contributed by atoms with Gasteiger partial charge in [0.15, 0.2) is 8.32 Å². The van der Waals surface area contributed by atoms with E-state index in [1.807, 2.05) is 0 Å². The second-order valence-corrected chi connectivity index (χ2v) is 17.9. The zero-order valence-electron chi connectivity index (χ0n) is 20.7. The van der Waals surface area contributed by atoms with E-state index in [1.165, 1.54) is 38.5 Å². The van der Waals surface area contributed by atoms with Crippen LogP contribution in [0.4, 0.5) is 0 Å². The molecule has 5 aliphatic rings. The van der Waals surface area contributed by atoms with Gasteiger partial charge in [0, 0.05) is 12.0 Å². The third-order valence-electron chi connectivity index (χ3n) is 10.7. The van der Waals surface area contributed by atoms with Crippen LogP contribution in [0, 0.1) is 28.6 Å². The number of allylic oxidation sites excluding steroid dienone is 2. The highest BCUT2D eigenvalue weighted by Crippen LogP contribution is 2.70. The predicted molar refractivity (Wildman–Crippen MR) is 127 cm³/mol. The summed E-state index contributed by atoms with van der Waals surface area (Å²) in [7, 11) is -1.70. The van der Waals surface area contributed by atoms with Gasteiger partial charge in [0.1, 0.15) is 6.10 Å². The Kier molecular flexibility index (Phi) is 4.70. The second kappa shape index (κ2) is 6.57. The van der Waals surface area contributed by atoms with Crippen molar-refractivity contribution < 1.29 is 9.16 Å². The van der Waals surface area contributed by atoms with Gasteiger partial charge in [-0.2, -0.15) is 0 Å². The summed E-state index contributed by atoms with van der Waals surface area (Å²) in [5.74, 6) is 2.39. The maximum Gasteiger partial charge on any atom is 0.192 e. The van der Waals surface area contributed by atoms with Crippen LogP contribution >= 0.6 is 0 Å². The molecule has 30 heavy (non-hydrogen) atoms. The summed E-state index contributed by atoms with van der Waals surface area (Å²) in [5.41, 5.74) is 4.15. The molecule has 0 amide bonds. The lowest BCUT2D eigenvalue weighted by molar-refractivity contribution is -0.0441. The zero-order valence-corrected chi connectivity index (χ0v) is 21.7. The Morgan fingerprint density at radius 2 is 1.83 bits per heavy atom. The minimum absolute atomic E-state index is 0.293. The summed E-state index contributed by atoms with van der Waals surface area (Å²) in [6, 6.07) is 0. The van der Waals surface area contributed by atoms with E-state index in [1.54, 1.807) is 11.1 Å². The fourth-order valence-corrected chi connectivity index (χ4v) is 9.37. The Balaban J connectivity index is 1.38. The Bertz CT molecular complexity index is 789. The van der Waals surface area contributed by atoms with Gasteiger partial charge in [-0.25, -0.2) is 0 Å². The van der Waals surface area contributed by atoms with E-state index >= 15 is 0 Å². The highest BCUT2D eigenvalue weighted by molar-refractivity contribution is 6.74. The third kappa shape index (κ3) is 2.87. The number of hydrogen-bond donors (Lipinski definition) is 0. The van der Waals surface area contributed by atoms with Crippen LogP contribution in [-0.4, -0.2) is 26.6 Å². The summed E-state index contributed by atoms with van der Waals surface area (Å²) in [6.07, 6.45) is 14.2. The van der Waals surface area contributed by atoms with Crippen molar-refractivity contribution in [2.75, 3.05) is 0 Å². The van der Waals surface area contributed by atoms with Gasteiger partial charge >= 0.3 is 0 Å². The number of rotatable bonds is 2. The first kappa shape index (κ1) is 21.5. The Morgan fingerprint density at radius 3 is 2.50 bits per heavy atom. The molecule has 0 aromatic rings.